The lowest BCUT2D eigenvalue weighted by Crippen LogP contribution is -1.95. The Hall–Kier alpha value is -2.29. The average molecular weight is 212 g/mol. The molecule has 2 aromatic carbocycles. The van der Waals surface area contributed by atoms with Gasteiger partial charge in [-0.2, -0.15) is 0 Å². The molecule has 0 bridgehead atoms. The Bertz CT molecular complexity index is 615. The molecule has 0 saturated carbocycles. The van der Waals surface area contributed by atoms with E-state index in [0.29, 0.717) is 11.1 Å². The van der Waals surface area contributed by atoms with E-state index in [0.717, 1.165) is 5.56 Å². The molecule has 3 rings (SSSR count). The molecule has 0 aromatic heterocycles. The lowest BCUT2D eigenvalue weighted by atomic mass is 10.1. The van der Waals surface area contributed by atoms with E-state index in [1.807, 2.05) is 12.1 Å². The molecule has 2 N–H and O–H groups in total. The van der Waals surface area contributed by atoms with Gasteiger partial charge in [-0.05, 0) is 23.3 Å². The van der Waals surface area contributed by atoms with Gasteiger partial charge in [0.25, 0.3) is 0 Å². The molecule has 0 atom stereocenters. The second kappa shape index (κ2) is 2.85. The van der Waals surface area contributed by atoms with E-state index in [2.05, 4.69) is 0 Å². The molecule has 16 heavy (non-hydrogen) atoms. The minimum atomic E-state index is -0.335. The Kier molecular flexibility index (Phi) is 1.60. The fourth-order valence-corrected chi connectivity index (χ4v) is 2.09. The molecule has 0 amide bonds. The summed E-state index contributed by atoms with van der Waals surface area (Å²) in [5.41, 5.74) is 2.24. The lowest BCUT2D eigenvalue weighted by Gasteiger charge is -2.03. The van der Waals surface area contributed by atoms with E-state index in [9.17, 15) is 15.0 Å². The van der Waals surface area contributed by atoms with Crippen LogP contribution in [0, 0.1) is 0 Å². The monoisotopic (exact) mass is 212 g/mol. The molecule has 0 radical (unpaired) electrons. The van der Waals surface area contributed by atoms with Gasteiger partial charge in [-0.3, -0.25) is 4.79 Å². The van der Waals surface area contributed by atoms with Crippen LogP contribution >= 0.6 is 0 Å². The van der Waals surface area contributed by atoms with Gasteiger partial charge in [-0.15, -0.1) is 0 Å². The summed E-state index contributed by atoms with van der Waals surface area (Å²) in [6.45, 7) is 0. The maximum atomic E-state index is 12.0. The van der Waals surface area contributed by atoms with Crippen LogP contribution in [0.2, 0.25) is 0 Å². The molecule has 0 heterocycles. The fourth-order valence-electron chi connectivity index (χ4n) is 2.09. The largest absolute Gasteiger partial charge is 0.504 e. The first-order valence-corrected chi connectivity index (χ1v) is 4.89. The van der Waals surface area contributed by atoms with E-state index in [1.54, 1.807) is 18.2 Å². The van der Waals surface area contributed by atoms with Crippen LogP contribution in [0.1, 0.15) is 15.9 Å². The van der Waals surface area contributed by atoms with Crippen molar-refractivity contribution in [3.8, 4) is 22.6 Å². The van der Waals surface area contributed by atoms with Crippen LogP contribution in [0.25, 0.3) is 11.1 Å². The minimum Gasteiger partial charge on any atom is -0.504 e. The molecule has 0 spiro atoms. The Balaban J connectivity index is 2.42. The highest BCUT2D eigenvalue weighted by Crippen LogP contribution is 2.44. The number of carbonyl (C=O) groups is 1. The third kappa shape index (κ3) is 0.945. The molecule has 78 valence electrons. The number of aromatic hydroxyl groups is 2. The summed E-state index contributed by atoms with van der Waals surface area (Å²) in [4.78, 5) is 12.0. The van der Waals surface area contributed by atoms with Crippen molar-refractivity contribution in [2.75, 3.05) is 0 Å². The van der Waals surface area contributed by atoms with Gasteiger partial charge in [0, 0.05) is 5.56 Å². The summed E-state index contributed by atoms with van der Waals surface area (Å²) >= 11 is 0. The molecule has 0 aliphatic heterocycles. The first-order chi connectivity index (χ1) is 7.70. The summed E-state index contributed by atoms with van der Waals surface area (Å²) in [6.07, 6.45) is 0. The summed E-state index contributed by atoms with van der Waals surface area (Å²) in [7, 11) is 0. The number of benzene rings is 2. The second-order valence-electron chi connectivity index (χ2n) is 3.73. The van der Waals surface area contributed by atoms with E-state index < -0.39 is 0 Å². The molecular formula is C13H8O3. The number of phenolic OH excluding ortho intramolecular Hbond substituents is 2. The Labute approximate surface area is 91.6 Å². The molecule has 0 unspecified atom stereocenters. The first kappa shape index (κ1) is 8.97. The molecule has 1 aliphatic carbocycles. The molecule has 3 nitrogen and oxygen atoms in total. The van der Waals surface area contributed by atoms with Gasteiger partial charge in [-0.25, -0.2) is 0 Å². The molecule has 0 saturated heterocycles. The van der Waals surface area contributed by atoms with Crippen molar-refractivity contribution in [3.05, 3.63) is 47.5 Å². The lowest BCUT2D eigenvalue weighted by molar-refractivity contribution is 0.104. The van der Waals surface area contributed by atoms with Gasteiger partial charge in [0.2, 0.25) is 0 Å². The summed E-state index contributed by atoms with van der Waals surface area (Å²) < 4.78 is 0. The van der Waals surface area contributed by atoms with Crippen LogP contribution in [0.4, 0.5) is 0 Å². The normalized spacial score (nSPS) is 12.4. The van der Waals surface area contributed by atoms with Crippen molar-refractivity contribution in [1.29, 1.82) is 0 Å². The number of fused-ring (bicyclic) bond motifs is 3. The molecule has 2 aromatic rings. The number of phenols is 2. The van der Waals surface area contributed by atoms with Gasteiger partial charge in [0.15, 0.2) is 17.3 Å². The van der Waals surface area contributed by atoms with Crippen molar-refractivity contribution < 1.29 is 15.0 Å². The van der Waals surface area contributed by atoms with Crippen molar-refractivity contribution in [2.24, 2.45) is 0 Å². The van der Waals surface area contributed by atoms with E-state index >= 15 is 0 Å². The highest BCUT2D eigenvalue weighted by molar-refractivity contribution is 6.23. The van der Waals surface area contributed by atoms with Crippen molar-refractivity contribution in [1.82, 2.24) is 0 Å². The van der Waals surface area contributed by atoms with E-state index in [1.165, 1.54) is 6.07 Å². The van der Waals surface area contributed by atoms with Crippen molar-refractivity contribution in [2.45, 2.75) is 0 Å². The highest BCUT2D eigenvalue weighted by atomic mass is 16.3. The second-order valence-corrected chi connectivity index (χ2v) is 3.73. The maximum absolute atomic E-state index is 12.0. The summed E-state index contributed by atoms with van der Waals surface area (Å²) in [5.74, 6) is -0.836. The predicted octanol–water partition coefficient (Wildman–Crippen LogP) is 2.31. The standard InChI is InChI=1S/C13H8O3/c14-10-6-5-8-7-3-1-2-4-9(7)12(15)11(8)13(10)16/h1-6,14,16H. The highest BCUT2D eigenvalue weighted by Gasteiger charge is 2.30. The first-order valence-electron chi connectivity index (χ1n) is 4.89. The van der Waals surface area contributed by atoms with Crippen LogP contribution in [-0.4, -0.2) is 16.0 Å². The summed E-state index contributed by atoms with van der Waals surface area (Å²) in [5, 5.41) is 19.1. The molecule has 3 heteroatoms. The number of hydrogen-bond acceptors (Lipinski definition) is 3. The zero-order valence-electron chi connectivity index (χ0n) is 8.27. The third-order valence-electron chi connectivity index (χ3n) is 2.85. The van der Waals surface area contributed by atoms with Crippen LogP contribution in [-0.2, 0) is 0 Å². The molecule has 0 fully saturated rings. The average Bonchev–Trinajstić information content (AvgIpc) is 2.59. The number of rotatable bonds is 0. The Morgan fingerprint density at radius 1 is 0.812 bits per heavy atom. The van der Waals surface area contributed by atoms with Crippen LogP contribution < -0.4 is 0 Å². The summed E-state index contributed by atoms with van der Waals surface area (Å²) in [6, 6.07) is 10.2. The van der Waals surface area contributed by atoms with Crippen molar-refractivity contribution >= 4 is 5.78 Å². The topological polar surface area (TPSA) is 57.5 Å². The van der Waals surface area contributed by atoms with E-state index in [-0.39, 0.29) is 22.8 Å². The molecular weight excluding hydrogens is 204 g/mol. The number of carbonyl (C=O) groups excluding carboxylic acids is 1. The fraction of sp³-hybridized carbons (Fsp3) is 0. The van der Waals surface area contributed by atoms with Gasteiger partial charge >= 0.3 is 0 Å². The predicted molar refractivity (Wildman–Crippen MR) is 58.6 cm³/mol. The van der Waals surface area contributed by atoms with Crippen LogP contribution in [0.5, 0.6) is 11.5 Å². The quantitative estimate of drug-likeness (QED) is 0.562. The Morgan fingerprint density at radius 2 is 1.50 bits per heavy atom. The van der Waals surface area contributed by atoms with Crippen LogP contribution in [0.15, 0.2) is 36.4 Å². The maximum Gasteiger partial charge on any atom is 0.198 e. The SMILES string of the molecule is O=C1c2ccccc2-c2ccc(O)c(O)c21. The zero-order valence-corrected chi connectivity index (χ0v) is 8.27. The third-order valence-corrected chi connectivity index (χ3v) is 2.85. The molecule has 1 aliphatic rings. The smallest absolute Gasteiger partial charge is 0.198 e. The van der Waals surface area contributed by atoms with Gasteiger partial charge in [-0.1, -0.05) is 24.3 Å². The van der Waals surface area contributed by atoms with Gasteiger partial charge in [0.05, 0.1) is 5.56 Å². The van der Waals surface area contributed by atoms with Crippen molar-refractivity contribution in [3.63, 3.8) is 0 Å². The number of ketones is 1. The zero-order chi connectivity index (χ0) is 11.3. The van der Waals surface area contributed by atoms with Gasteiger partial charge < -0.3 is 10.2 Å². The van der Waals surface area contributed by atoms with Gasteiger partial charge in [0.1, 0.15) is 0 Å². The Morgan fingerprint density at radius 3 is 2.25 bits per heavy atom. The van der Waals surface area contributed by atoms with Crippen LogP contribution in [0.3, 0.4) is 0 Å². The number of hydrogen-bond donors (Lipinski definition) is 2. The van der Waals surface area contributed by atoms with E-state index in [4.69, 9.17) is 0 Å². The minimum absolute atomic E-state index is 0.196.